The third-order valence-electron chi connectivity index (χ3n) is 2.56. The molecule has 0 atom stereocenters. The molecule has 96 valence electrons. The lowest BCUT2D eigenvalue weighted by Gasteiger charge is -2.25. The van der Waals surface area contributed by atoms with Gasteiger partial charge < -0.3 is 15.7 Å². The van der Waals surface area contributed by atoms with Gasteiger partial charge in [-0.25, -0.2) is 4.39 Å². The van der Waals surface area contributed by atoms with Crippen molar-refractivity contribution in [3.8, 4) is 0 Å². The number of aliphatic hydroxyl groups is 1. The number of halogens is 2. The van der Waals surface area contributed by atoms with E-state index in [4.69, 9.17) is 22.4 Å². The van der Waals surface area contributed by atoms with Crippen LogP contribution >= 0.6 is 11.6 Å². The molecule has 0 spiro atoms. The number of nitrogen functional groups attached to an aromatic ring is 1. The smallest absolute Gasteiger partial charge is 0.143 e. The number of hydrogen-bond donors (Lipinski definition) is 2. The third kappa shape index (κ3) is 3.75. The molecule has 3 N–H and O–H groups in total. The van der Waals surface area contributed by atoms with Crippen LogP contribution in [0.15, 0.2) is 12.1 Å². The highest BCUT2D eigenvalue weighted by atomic mass is 35.5. The van der Waals surface area contributed by atoms with Gasteiger partial charge in [-0.05, 0) is 12.5 Å². The van der Waals surface area contributed by atoms with E-state index in [1.165, 1.54) is 12.1 Å². The van der Waals surface area contributed by atoms with Crippen LogP contribution in [0.2, 0.25) is 5.02 Å². The first kappa shape index (κ1) is 14.1. The van der Waals surface area contributed by atoms with Crippen LogP contribution in [0.3, 0.4) is 0 Å². The van der Waals surface area contributed by atoms with Crippen LogP contribution in [0, 0.1) is 5.82 Å². The largest absolute Gasteiger partial charge is 0.397 e. The molecule has 1 aromatic rings. The maximum atomic E-state index is 13.2. The van der Waals surface area contributed by atoms with Gasteiger partial charge in [0.2, 0.25) is 0 Å². The van der Waals surface area contributed by atoms with Gasteiger partial charge in [0.05, 0.1) is 23.0 Å². The van der Waals surface area contributed by atoms with Crippen LogP contribution in [0.5, 0.6) is 0 Å². The van der Waals surface area contributed by atoms with Crippen LogP contribution < -0.4 is 10.6 Å². The summed E-state index contributed by atoms with van der Waals surface area (Å²) in [7, 11) is 0. The maximum Gasteiger partial charge on any atom is 0.143 e. The van der Waals surface area contributed by atoms with E-state index in [9.17, 15) is 4.39 Å². The van der Waals surface area contributed by atoms with E-state index < -0.39 is 5.82 Å². The Hall–Kier alpha value is -1.00. The SMILES string of the molecule is CCCCN(CCO)c1cc(Cl)c(F)cc1N. The number of unbranched alkanes of at least 4 members (excludes halogenated alkanes) is 1. The summed E-state index contributed by atoms with van der Waals surface area (Å²) in [6.07, 6.45) is 2.02. The zero-order valence-electron chi connectivity index (χ0n) is 9.92. The minimum Gasteiger partial charge on any atom is -0.397 e. The lowest BCUT2D eigenvalue weighted by Crippen LogP contribution is -2.28. The van der Waals surface area contributed by atoms with E-state index >= 15 is 0 Å². The fraction of sp³-hybridized carbons (Fsp3) is 0.500. The number of nitrogens with zero attached hydrogens (tertiary/aromatic N) is 1. The van der Waals surface area contributed by atoms with Crippen molar-refractivity contribution in [1.29, 1.82) is 0 Å². The molecule has 17 heavy (non-hydrogen) atoms. The maximum absolute atomic E-state index is 13.2. The molecule has 0 aliphatic carbocycles. The summed E-state index contributed by atoms with van der Waals surface area (Å²) in [6.45, 7) is 3.34. The van der Waals surface area contributed by atoms with Crippen molar-refractivity contribution in [2.45, 2.75) is 19.8 Å². The predicted octanol–water partition coefficient (Wildman–Crippen LogP) is 2.66. The predicted molar refractivity (Wildman–Crippen MR) is 70.0 cm³/mol. The highest BCUT2D eigenvalue weighted by Gasteiger charge is 2.12. The Labute approximate surface area is 106 Å². The molecule has 0 heterocycles. The molecule has 3 nitrogen and oxygen atoms in total. The molecule has 1 rings (SSSR count). The summed E-state index contributed by atoms with van der Waals surface area (Å²) in [5, 5.41) is 9.07. The first-order chi connectivity index (χ1) is 8.10. The third-order valence-corrected chi connectivity index (χ3v) is 2.85. The molecular weight excluding hydrogens is 243 g/mol. The second kappa shape index (κ2) is 6.67. The lowest BCUT2D eigenvalue weighted by molar-refractivity contribution is 0.301. The van der Waals surface area contributed by atoms with E-state index in [-0.39, 0.29) is 11.6 Å². The molecular formula is C12H18ClFN2O. The molecule has 0 bridgehead atoms. The molecule has 0 saturated heterocycles. The summed E-state index contributed by atoms with van der Waals surface area (Å²) in [5.41, 5.74) is 6.79. The van der Waals surface area contributed by atoms with E-state index in [1.807, 2.05) is 4.90 Å². The van der Waals surface area contributed by atoms with Gasteiger partial charge in [0.15, 0.2) is 0 Å². The van der Waals surface area contributed by atoms with Gasteiger partial charge in [-0.3, -0.25) is 0 Å². The number of anilines is 2. The summed E-state index contributed by atoms with van der Waals surface area (Å²) in [4.78, 5) is 1.92. The van der Waals surface area contributed by atoms with Gasteiger partial charge in [-0.1, -0.05) is 24.9 Å². The minimum absolute atomic E-state index is 0.0259. The van der Waals surface area contributed by atoms with Gasteiger partial charge in [-0.15, -0.1) is 0 Å². The van der Waals surface area contributed by atoms with Crippen LogP contribution in [0.4, 0.5) is 15.8 Å². The monoisotopic (exact) mass is 260 g/mol. The molecule has 1 aromatic carbocycles. The molecule has 0 fully saturated rings. The summed E-state index contributed by atoms with van der Waals surface area (Å²) in [5.74, 6) is -0.521. The molecule has 0 unspecified atom stereocenters. The van der Waals surface area contributed by atoms with Gasteiger partial charge in [0.25, 0.3) is 0 Å². The lowest BCUT2D eigenvalue weighted by atomic mass is 10.2. The first-order valence-electron chi connectivity index (χ1n) is 5.70. The Bertz CT molecular complexity index is 374. The van der Waals surface area contributed by atoms with Gasteiger partial charge in [0.1, 0.15) is 5.82 Å². The van der Waals surface area contributed by atoms with Crippen molar-refractivity contribution in [3.63, 3.8) is 0 Å². The van der Waals surface area contributed by atoms with Gasteiger partial charge in [-0.2, -0.15) is 0 Å². The van der Waals surface area contributed by atoms with E-state index in [2.05, 4.69) is 6.92 Å². The standard InChI is InChI=1S/C12H18ClFN2O/c1-2-3-4-16(5-6-17)12-7-9(13)10(14)8-11(12)15/h7-8,17H,2-6,15H2,1H3. The highest BCUT2D eigenvalue weighted by Crippen LogP contribution is 2.29. The average Bonchev–Trinajstić information content (AvgIpc) is 2.29. The van der Waals surface area contributed by atoms with Crippen LogP contribution in [-0.2, 0) is 0 Å². The van der Waals surface area contributed by atoms with Crippen molar-refractivity contribution in [2.75, 3.05) is 30.3 Å². The summed E-state index contributed by atoms with van der Waals surface area (Å²) in [6, 6.07) is 2.73. The Morgan fingerprint density at radius 1 is 1.41 bits per heavy atom. The van der Waals surface area contributed by atoms with Gasteiger partial charge >= 0.3 is 0 Å². The topological polar surface area (TPSA) is 49.5 Å². The summed E-state index contributed by atoms with van der Waals surface area (Å²) >= 11 is 5.74. The van der Waals surface area contributed by atoms with Crippen molar-refractivity contribution >= 4 is 23.0 Å². The molecule has 0 aliphatic heterocycles. The molecule has 0 amide bonds. The van der Waals surface area contributed by atoms with E-state index in [0.29, 0.717) is 17.9 Å². The second-order valence-electron chi connectivity index (χ2n) is 3.89. The number of nitrogens with two attached hydrogens (primary N) is 1. The number of rotatable bonds is 6. The Kier molecular flexibility index (Phi) is 5.51. The van der Waals surface area contributed by atoms with Crippen molar-refractivity contribution in [2.24, 2.45) is 0 Å². The number of aliphatic hydroxyl groups excluding tert-OH is 1. The number of benzene rings is 1. The molecule has 0 radical (unpaired) electrons. The van der Waals surface area contributed by atoms with Crippen LogP contribution in [0.25, 0.3) is 0 Å². The summed E-state index contributed by atoms with van der Waals surface area (Å²) < 4.78 is 13.2. The average molecular weight is 261 g/mol. The Morgan fingerprint density at radius 2 is 2.12 bits per heavy atom. The Morgan fingerprint density at radius 3 is 2.71 bits per heavy atom. The van der Waals surface area contributed by atoms with E-state index in [1.54, 1.807) is 0 Å². The van der Waals surface area contributed by atoms with Crippen molar-refractivity contribution in [1.82, 2.24) is 0 Å². The Balaban J connectivity index is 2.96. The molecule has 0 aromatic heterocycles. The fourth-order valence-corrected chi connectivity index (χ4v) is 1.81. The normalized spacial score (nSPS) is 10.6. The van der Waals surface area contributed by atoms with Gasteiger partial charge in [0, 0.05) is 19.2 Å². The number of hydrogen-bond acceptors (Lipinski definition) is 3. The highest BCUT2D eigenvalue weighted by molar-refractivity contribution is 6.31. The van der Waals surface area contributed by atoms with Crippen molar-refractivity contribution in [3.05, 3.63) is 23.0 Å². The van der Waals surface area contributed by atoms with Crippen LogP contribution in [0.1, 0.15) is 19.8 Å². The minimum atomic E-state index is -0.521. The fourth-order valence-electron chi connectivity index (χ4n) is 1.65. The zero-order chi connectivity index (χ0) is 12.8. The molecule has 5 heteroatoms. The van der Waals surface area contributed by atoms with E-state index in [0.717, 1.165) is 19.4 Å². The van der Waals surface area contributed by atoms with Crippen molar-refractivity contribution < 1.29 is 9.50 Å². The first-order valence-corrected chi connectivity index (χ1v) is 6.08. The quantitative estimate of drug-likeness (QED) is 0.773. The van der Waals surface area contributed by atoms with Crippen LogP contribution in [-0.4, -0.2) is 24.8 Å². The molecule has 0 saturated carbocycles. The second-order valence-corrected chi connectivity index (χ2v) is 4.30. The molecule has 0 aliphatic rings. The zero-order valence-corrected chi connectivity index (χ0v) is 10.7.